The fourth-order valence-electron chi connectivity index (χ4n) is 3.38. The molecular formula is C13H20N4O2. The number of fused-ring (bicyclic) bond motifs is 1. The van der Waals surface area contributed by atoms with Gasteiger partial charge in [0.05, 0.1) is 12.5 Å². The first kappa shape index (κ1) is 12.6. The van der Waals surface area contributed by atoms with Crippen molar-refractivity contribution in [2.45, 2.75) is 51.2 Å². The van der Waals surface area contributed by atoms with Crippen molar-refractivity contribution in [3.8, 4) is 0 Å². The largest absolute Gasteiger partial charge is 0.481 e. The van der Waals surface area contributed by atoms with Gasteiger partial charge in [-0.3, -0.25) is 9.69 Å². The van der Waals surface area contributed by atoms with Gasteiger partial charge >= 0.3 is 5.97 Å². The summed E-state index contributed by atoms with van der Waals surface area (Å²) in [5.74, 6) is 0.0931. The minimum absolute atomic E-state index is 0.158. The number of hydrogen-bond donors (Lipinski definition) is 1. The van der Waals surface area contributed by atoms with E-state index in [9.17, 15) is 9.90 Å². The molecular weight excluding hydrogens is 244 g/mol. The number of carboxylic acids is 1. The summed E-state index contributed by atoms with van der Waals surface area (Å²) >= 11 is 0. The standard InChI is InChI=1S/C13H20N4O2/c18-13(19)10-4-2-1-3-5-11(10)16-6-7-17-9-14-15-12(17)8-16/h9-11H,1-8H2,(H,18,19). The summed E-state index contributed by atoms with van der Waals surface area (Å²) in [4.78, 5) is 13.8. The first-order valence-electron chi connectivity index (χ1n) is 7.09. The molecule has 2 atom stereocenters. The topological polar surface area (TPSA) is 71.2 Å². The summed E-state index contributed by atoms with van der Waals surface area (Å²) in [5.41, 5.74) is 0. The Hall–Kier alpha value is -1.43. The van der Waals surface area contributed by atoms with Gasteiger partial charge < -0.3 is 9.67 Å². The highest BCUT2D eigenvalue weighted by Gasteiger charge is 2.35. The molecule has 1 aromatic rings. The minimum atomic E-state index is -0.640. The van der Waals surface area contributed by atoms with Crippen LogP contribution in [0.3, 0.4) is 0 Å². The molecule has 0 bridgehead atoms. The van der Waals surface area contributed by atoms with Crippen molar-refractivity contribution in [3.05, 3.63) is 12.2 Å². The molecule has 1 aliphatic carbocycles. The van der Waals surface area contributed by atoms with Crippen LogP contribution < -0.4 is 0 Å². The number of rotatable bonds is 2. The third-order valence-electron chi connectivity index (χ3n) is 4.43. The zero-order chi connectivity index (χ0) is 13.2. The molecule has 6 nitrogen and oxygen atoms in total. The smallest absolute Gasteiger partial charge is 0.308 e. The maximum Gasteiger partial charge on any atom is 0.308 e. The van der Waals surface area contributed by atoms with Gasteiger partial charge in [-0.25, -0.2) is 0 Å². The van der Waals surface area contributed by atoms with E-state index in [1.54, 1.807) is 6.33 Å². The van der Waals surface area contributed by atoms with E-state index in [-0.39, 0.29) is 12.0 Å². The zero-order valence-electron chi connectivity index (χ0n) is 11.0. The first-order chi connectivity index (χ1) is 9.25. The highest BCUT2D eigenvalue weighted by atomic mass is 16.4. The van der Waals surface area contributed by atoms with Gasteiger partial charge in [0.2, 0.25) is 0 Å². The highest BCUT2D eigenvalue weighted by Crippen LogP contribution is 2.29. The van der Waals surface area contributed by atoms with Crippen LogP contribution in [0.1, 0.15) is 37.9 Å². The van der Waals surface area contributed by atoms with Crippen molar-refractivity contribution in [2.24, 2.45) is 5.92 Å². The van der Waals surface area contributed by atoms with Crippen LogP contribution in [0.25, 0.3) is 0 Å². The monoisotopic (exact) mass is 264 g/mol. The first-order valence-corrected chi connectivity index (χ1v) is 7.09. The number of hydrogen-bond acceptors (Lipinski definition) is 4. The summed E-state index contributed by atoms with van der Waals surface area (Å²) in [6, 6.07) is 0.158. The third-order valence-corrected chi connectivity index (χ3v) is 4.43. The van der Waals surface area contributed by atoms with Crippen molar-refractivity contribution in [1.82, 2.24) is 19.7 Å². The molecule has 0 aromatic carbocycles. The van der Waals surface area contributed by atoms with E-state index in [1.165, 1.54) is 0 Å². The summed E-state index contributed by atoms with van der Waals surface area (Å²) in [7, 11) is 0. The Kier molecular flexibility index (Phi) is 3.50. The predicted octanol–water partition coefficient (Wildman–Crippen LogP) is 1.13. The second-order valence-corrected chi connectivity index (χ2v) is 5.56. The second-order valence-electron chi connectivity index (χ2n) is 5.56. The summed E-state index contributed by atoms with van der Waals surface area (Å²) < 4.78 is 2.06. The van der Waals surface area contributed by atoms with Gasteiger partial charge in [-0.15, -0.1) is 10.2 Å². The van der Waals surface area contributed by atoms with Crippen LogP contribution in [0, 0.1) is 5.92 Å². The molecule has 0 amide bonds. The molecule has 1 fully saturated rings. The van der Waals surface area contributed by atoms with Crippen LogP contribution >= 0.6 is 0 Å². The Morgan fingerprint density at radius 1 is 1.26 bits per heavy atom. The number of aromatic nitrogens is 3. The normalized spacial score (nSPS) is 28.6. The molecule has 104 valence electrons. The summed E-state index contributed by atoms with van der Waals surface area (Å²) in [6.45, 7) is 2.50. The fourth-order valence-corrected chi connectivity index (χ4v) is 3.38. The Labute approximate surface area is 112 Å². The zero-order valence-corrected chi connectivity index (χ0v) is 11.0. The van der Waals surface area contributed by atoms with Crippen molar-refractivity contribution >= 4 is 5.97 Å². The van der Waals surface area contributed by atoms with Crippen molar-refractivity contribution in [1.29, 1.82) is 0 Å². The SMILES string of the molecule is O=C(O)C1CCCCCC1N1CCn2cnnc2C1. The molecule has 0 radical (unpaired) electrons. The lowest BCUT2D eigenvalue weighted by Gasteiger charge is -2.36. The van der Waals surface area contributed by atoms with Gasteiger partial charge in [0.15, 0.2) is 0 Å². The van der Waals surface area contributed by atoms with Crippen LogP contribution in [0.4, 0.5) is 0 Å². The number of nitrogens with zero attached hydrogens (tertiary/aromatic N) is 4. The Balaban J connectivity index is 1.77. The molecule has 2 aliphatic rings. The number of carboxylic acid groups (broad SMARTS) is 1. The fraction of sp³-hybridized carbons (Fsp3) is 0.769. The molecule has 19 heavy (non-hydrogen) atoms. The lowest BCUT2D eigenvalue weighted by molar-refractivity contribution is -0.144. The van der Waals surface area contributed by atoms with Crippen LogP contribution in [-0.4, -0.2) is 43.3 Å². The van der Waals surface area contributed by atoms with Gasteiger partial charge in [0.25, 0.3) is 0 Å². The van der Waals surface area contributed by atoms with Gasteiger partial charge in [-0.2, -0.15) is 0 Å². The van der Waals surface area contributed by atoms with Crippen LogP contribution in [-0.2, 0) is 17.9 Å². The van der Waals surface area contributed by atoms with Crippen molar-refractivity contribution in [3.63, 3.8) is 0 Å². The van der Waals surface area contributed by atoms with Gasteiger partial charge in [0.1, 0.15) is 12.2 Å². The molecule has 0 spiro atoms. The molecule has 0 saturated heterocycles. The molecule has 6 heteroatoms. The summed E-state index contributed by atoms with van der Waals surface area (Å²) in [6.07, 6.45) is 6.89. The number of carbonyl (C=O) groups is 1. The average molecular weight is 264 g/mol. The maximum absolute atomic E-state index is 11.5. The number of aliphatic carboxylic acids is 1. The molecule has 1 aliphatic heterocycles. The van der Waals surface area contributed by atoms with E-state index in [1.807, 2.05) is 0 Å². The lowest BCUT2D eigenvalue weighted by atomic mass is 9.93. The molecule has 1 saturated carbocycles. The van der Waals surface area contributed by atoms with E-state index >= 15 is 0 Å². The third kappa shape index (κ3) is 2.49. The molecule has 3 rings (SSSR count). The quantitative estimate of drug-likeness (QED) is 0.811. The van der Waals surface area contributed by atoms with Crippen LogP contribution in [0.15, 0.2) is 6.33 Å². The molecule has 1 aromatic heterocycles. The molecule has 2 unspecified atom stereocenters. The van der Waals surface area contributed by atoms with Crippen molar-refractivity contribution < 1.29 is 9.90 Å². The minimum Gasteiger partial charge on any atom is -0.481 e. The Morgan fingerprint density at radius 2 is 2.11 bits per heavy atom. The van der Waals surface area contributed by atoms with Crippen LogP contribution in [0.2, 0.25) is 0 Å². The van der Waals surface area contributed by atoms with E-state index < -0.39 is 5.97 Å². The highest BCUT2D eigenvalue weighted by molar-refractivity contribution is 5.70. The predicted molar refractivity (Wildman–Crippen MR) is 68.4 cm³/mol. The second kappa shape index (κ2) is 5.28. The molecule has 2 heterocycles. The summed E-state index contributed by atoms with van der Waals surface area (Å²) in [5, 5.41) is 17.5. The van der Waals surface area contributed by atoms with Crippen molar-refractivity contribution in [2.75, 3.05) is 6.54 Å². The Morgan fingerprint density at radius 3 is 2.95 bits per heavy atom. The van der Waals surface area contributed by atoms with Gasteiger partial charge in [0, 0.05) is 19.1 Å². The lowest BCUT2D eigenvalue weighted by Crippen LogP contribution is -2.46. The van der Waals surface area contributed by atoms with E-state index in [2.05, 4.69) is 19.7 Å². The van der Waals surface area contributed by atoms with E-state index in [4.69, 9.17) is 0 Å². The van der Waals surface area contributed by atoms with E-state index in [0.29, 0.717) is 0 Å². The molecule has 1 N–H and O–H groups in total. The van der Waals surface area contributed by atoms with Gasteiger partial charge in [-0.1, -0.05) is 19.3 Å². The van der Waals surface area contributed by atoms with Gasteiger partial charge in [-0.05, 0) is 12.8 Å². The van der Waals surface area contributed by atoms with E-state index in [0.717, 1.165) is 57.6 Å². The van der Waals surface area contributed by atoms with Crippen LogP contribution in [0.5, 0.6) is 0 Å². The maximum atomic E-state index is 11.5. The Bertz CT molecular complexity index is 459. The average Bonchev–Trinajstić information content (AvgIpc) is 2.72.